The van der Waals surface area contributed by atoms with E-state index in [1.165, 1.54) is 0 Å². The average molecular weight is 274 g/mol. The molecule has 0 aromatic heterocycles. The standard InChI is InChI=1S/C12H13Cl2NO2/c13-7-11-8-17-6-5-15(11)12(16)9-1-3-10(14)4-2-9/h1-4,11H,5-8H2. The maximum Gasteiger partial charge on any atom is 0.254 e. The molecule has 2 rings (SSSR count). The molecule has 0 aliphatic carbocycles. The summed E-state index contributed by atoms with van der Waals surface area (Å²) < 4.78 is 5.31. The lowest BCUT2D eigenvalue weighted by molar-refractivity contribution is 0.00456. The van der Waals surface area contributed by atoms with Gasteiger partial charge < -0.3 is 9.64 Å². The number of nitrogens with zero attached hydrogens (tertiary/aromatic N) is 1. The zero-order valence-corrected chi connectivity index (χ0v) is 10.7. The van der Waals surface area contributed by atoms with Crippen molar-refractivity contribution in [3.63, 3.8) is 0 Å². The van der Waals surface area contributed by atoms with Crippen molar-refractivity contribution in [1.82, 2.24) is 4.90 Å². The second-order valence-electron chi connectivity index (χ2n) is 3.89. The minimum Gasteiger partial charge on any atom is -0.377 e. The van der Waals surface area contributed by atoms with E-state index < -0.39 is 0 Å². The topological polar surface area (TPSA) is 29.5 Å². The van der Waals surface area contributed by atoms with Crippen LogP contribution in [0.15, 0.2) is 24.3 Å². The molecule has 17 heavy (non-hydrogen) atoms. The fourth-order valence-electron chi connectivity index (χ4n) is 1.81. The third-order valence-electron chi connectivity index (χ3n) is 2.76. The summed E-state index contributed by atoms with van der Waals surface area (Å²) in [5, 5.41) is 0.623. The molecular weight excluding hydrogens is 261 g/mol. The maximum atomic E-state index is 12.2. The van der Waals surface area contributed by atoms with E-state index in [1.54, 1.807) is 29.2 Å². The number of hydrogen-bond donors (Lipinski definition) is 0. The maximum absolute atomic E-state index is 12.2. The molecule has 0 radical (unpaired) electrons. The fourth-order valence-corrected chi connectivity index (χ4v) is 2.19. The Morgan fingerprint density at radius 3 is 2.76 bits per heavy atom. The molecule has 1 amide bonds. The second kappa shape index (κ2) is 5.71. The predicted molar refractivity (Wildman–Crippen MR) is 67.8 cm³/mol. The Morgan fingerprint density at radius 2 is 2.12 bits per heavy atom. The summed E-state index contributed by atoms with van der Waals surface area (Å²) >= 11 is 11.6. The second-order valence-corrected chi connectivity index (χ2v) is 4.63. The highest BCUT2D eigenvalue weighted by Crippen LogP contribution is 2.15. The molecule has 1 heterocycles. The van der Waals surface area contributed by atoms with Gasteiger partial charge in [-0.2, -0.15) is 0 Å². The largest absolute Gasteiger partial charge is 0.377 e. The number of carbonyl (C=O) groups is 1. The molecule has 3 nitrogen and oxygen atoms in total. The molecule has 1 aromatic rings. The van der Waals surface area contributed by atoms with Crippen molar-refractivity contribution in [2.24, 2.45) is 0 Å². The normalized spacial score (nSPS) is 20.4. The van der Waals surface area contributed by atoms with Crippen molar-refractivity contribution in [2.45, 2.75) is 6.04 Å². The molecule has 1 aliphatic heterocycles. The molecule has 1 atom stereocenters. The van der Waals surface area contributed by atoms with Gasteiger partial charge in [0.2, 0.25) is 0 Å². The summed E-state index contributed by atoms with van der Waals surface area (Å²) in [6.07, 6.45) is 0. The Bertz CT molecular complexity index is 394. The number of alkyl halides is 1. The van der Waals surface area contributed by atoms with Gasteiger partial charge in [-0.25, -0.2) is 0 Å². The van der Waals surface area contributed by atoms with Crippen LogP contribution < -0.4 is 0 Å². The van der Waals surface area contributed by atoms with E-state index in [1.807, 2.05) is 0 Å². The summed E-state index contributed by atoms with van der Waals surface area (Å²) in [6, 6.07) is 6.83. The zero-order valence-electron chi connectivity index (χ0n) is 9.23. The van der Waals surface area contributed by atoms with E-state index in [2.05, 4.69) is 0 Å². The first-order valence-corrected chi connectivity index (χ1v) is 6.34. The van der Waals surface area contributed by atoms with Crippen LogP contribution in [0, 0.1) is 0 Å². The van der Waals surface area contributed by atoms with E-state index in [9.17, 15) is 4.79 Å². The zero-order chi connectivity index (χ0) is 12.3. The molecular formula is C12H13Cl2NO2. The van der Waals surface area contributed by atoms with Gasteiger partial charge in [0.05, 0.1) is 19.3 Å². The lowest BCUT2D eigenvalue weighted by atomic mass is 10.1. The number of ether oxygens (including phenoxy) is 1. The molecule has 1 fully saturated rings. The Labute approximate surface area is 110 Å². The fraction of sp³-hybridized carbons (Fsp3) is 0.417. The van der Waals surface area contributed by atoms with E-state index in [4.69, 9.17) is 27.9 Å². The minimum atomic E-state index is -0.0476. The SMILES string of the molecule is O=C(c1ccc(Cl)cc1)N1CCOCC1CCl. The van der Waals surface area contributed by atoms with Crippen LogP contribution in [-0.2, 0) is 4.74 Å². The molecule has 1 saturated heterocycles. The van der Waals surface area contributed by atoms with Crippen molar-refractivity contribution < 1.29 is 9.53 Å². The van der Waals surface area contributed by atoms with E-state index in [-0.39, 0.29) is 11.9 Å². The number of morpholine rings is 1. The Balaban J connectivity index is 2.15. The summed E-state index contributed by atoms with van der Waals surface area (Å²) in [6.45, 7) is 1.65. The monoisotopic (exact) mass is 273 g/mol. The number of halogens is 2. The average Bonchev–Trinajstić information content (AvgIpc) is 2.39. The van der Waals surface area contributed by atoms with Crippen LogP contribution in [0.2, 0.25) is 5.02 Å². The quantitative estimate of drug-likeness (QED) is 0.775. The van der Waals surface area contributed by atoms with Crippen LogP contribution in [0.1, 0.15) is 10.4 Å². The van der Waals surface area contributed by atoms with Gasteiger partial charge in [-0.15, -0.1) is 11.6 Å². The summed E-state index contributed by atoms with van der Waals surface area (Å²) in [7, 11) is 0. The van der Waals surface area contributed by atoms with Gasteiger partial charge in [-0.1, -0.05) is 11.6 Å². The Morgan fingerprint density at radius 1 is 1.41 bits per heavy atom. The Hall–Kier alpha value is -0.770. The minimum absolute atomic E-state index is 0.0179. The van der Waals surface area contributed by atoms with Gasteiger partial charge in [0.1, 0.15) is 0 Å². The summed E-state index contributed by atoms with van der Waals surface area (Å²) in [5.41, 5.74) is 0.631. The highest BCUT2D eigenvalue weighted by atomic mass is 35.5. The Kier molecular flexibility index (Phi) is 4.26. The van der Waals surface area contributed by atoms with Crippen LogP contribution >= 0.6 is 23.2 Å². The lowest BCUT2D eigenvalue weighted by Gasteiger charge is -2.34. The van der Waals surface area contributed by atoms with Crippen LogP contribution in [0.4, 0.5) is 0 Å². The van der Waals surface area contributed by atoms with Crippen molar-refractivity contribution >= 4 is 29.1 Å². The van der Waals surface area contributed by atoms with Crippen LogP contribution in [0.3, 0.4) is 0 Å². The first kappa shape index (κ1) is 12.7. The van der Waals surface area contributed by atoms with Gasteiger partial charge in [-0.3, -0.25) is 4.79 Å². The van der Waals surface area contributed by atoms with Crippen molar-refractivity contribution in [3.05, 3.63) is 34.9 Å². The van der Waals surface area contributed by atoms with Gasteiger partial charge >= 0.3 is 0 Å². The molecule has 0 bridgehead atoms. The molecule has 0 spiro atoms. The van der Waals surface area contributed by atoms with Gasteiger partial charge in [-0.05, 0) is 24.3 Å². The molecule has 1 aliphatic rings. The third kappa shape index (κ3) is 2.92. The predicted octanol–water partition coefficient (Wildman–Crippen LogP) is 2.42. The van der Waals surface area contributed by atoms with Gasteiger partial charge in [0.15, 0.2) is 0 Å². The number of amides is 1. The number of benzene rings is 1. The highest BCUT2D eigenvalue weighted by Gasteiger charge is 2.27. The van der Waals surface area contributed by atoms with E-state index >= 15 is 0 Å². The van der Waals surface area contributed by atoms with Crippen molar-refractivity contribution in [3.8, 4) is 0 Å². The summed E-state index contributed by atoms with van der Waals surface area (Å²) in [5.74, 6) is 0.370. The van der Waals surface area contributed by atoms with E-state index in [0.29, 0.717) is 36.2 Å². The number of carbonyl (C=O) groups excluding carboxylic acids is 1. The van der Waals surface area contributed by atoms with Crippen molar-refractivity contribution in [1.29, 1.82) is 0 Å². The smallest absolute Gasteiger partial charge is 0.254 e. The lowest BCUT2D eigenvalue weighted by Crippen LogP contribution is -2.49. The highest BCUT2D eigenvalue weighted by molar-refractivity contribution is 6.30. The van der Waals surface area contributed by atoms with Crippen molar-refractivity contribution in [2.75, 3.05) is 25.6 Å². The van der Waals surface area contributed by atoms with Gasteiger partial charge in [0, 0.05) is 23.0 Å². The number of rotatable bonds is 2. The molecule has 1 aromatic carbocycles. The molecule has 0 saturated carbocycles. The molecule has 0 N–H and O–H groups in total. The van der Waals surface area contributed by atoms with Gasteiger partial charge in [0.25, 0.3) is 5.91 Å². The first-order chi connectivity index (χ1) is 8.22. The van der Waals surface area contributed by atoms with Crippen LogP contribution in [-0.4, -0.2) is 42.5 Å². The molecule has 5 heteroatoms. The van der Waals surface area contributed by atoms with E-state index in [0.717, 1.165) is 0 Å². The third-order valence-corrected chi connectivity index (χ3v) is 3.37. The van der Waals surface area contributed by atoms with Crippen LogP contribution in [0.25, 0.3) is 0 Å². The summed E-state index contributed by atoms with van der Waals surface area (Å²) in [4.78, 5) is 14.0. The number of hydrogen-bond acceptors (Lipinski definition) is 2. The molecule has 1 unspecified atom stereocenters. The van der Waals surface area contributed by atoms with Crippen LogP contribution in [0.5, 0.6) is 0 Å². The molecule has 92 valence electrons. The first-order valence-electron chi connectivity index (χ1n) is 5.42.